The van der Waals surface area contributed by atoms with Crippen LogP contribution in [0.5, 0.6) is 0 Å². The topological polar surface area (TPSA) is 41.1 Å². The molecule has 62 valence electrons. The quantitative estimate of drug-likeness (QED) is 0.631. The van der Waals surface area contributed by atoms with Crippen molar-refractivity contribution in [3.8, 4) is 0 Å². The fraction of sp³-hybridized carbons (Fsp3) is 0. The minimum Gasteiger partial charge on any atom is -0.335 e. The van der Waals surface area contributed by atoms with Gasteiger partial charge in [-0.3, -0.25) is 4.79 Å². The molecule has 1 aromatic rings. The first kappa shape index (κ1) is 7.84. The maximum atomic E-state index is 11.3. The zero-order chi connectivity index (χ0) is 8.55. The normalized spacial score (nSPS) is 20.8. The number of carbonyl (C=O) groups excluding carboxylic acids is 1. The highest BCUT2D eigenvalue weighted by Gasteiger charge is 2.21. The van der Waals surface area contributed by atoms with Gasteiger partial charge in [-0.1, -0.05) is 12.1 Å². The molecule has 1 heterocycles. The number of hydrogen-bond acceptors (Lipinski definition) is 2. The van der Waals surface area contributed by atoms with Crippen molar-refractivity contribution in [2.24, 2.45) is 0 Å². The summed E-state index contributed by atoms with van der Waals surface area (Å²) < 4.78 is 0. The van der Waals surface area contributed by atoms with Gasteiger partial charge >= 0.3 is 0 Å². The molecule has 0 aromatic heterocycles. The van der Waals surface area contributed by atoms with E-state index in [9.17, 15) is 4.79 Å². The van der Waals surface area contributed by atoms with Crippen LogP contribution in [-0.4, -0.2) is 5.91 Å². The number of fused-ring (bicyclic) bond motifs is 1. The van der Waals surface area contributed by atoms with E-state index in [-0.39, 0.29) is 5.91 Å². The summed E-state index contributed by atoms with van der Waals surface area (Å²) in [7, 11) is -1.09. The van der Waals surface area contributed by atoms with Crippen molar-refractivity contribution in [1.29, 1.82) is 0 Å². The molecule has 2 rings (SSSR count). The third-order valence-corrected chi connectivity index (χ3v) is 2.93. The molecular formula is C7H6ClN2OP. The van der Waals surface area contributed by atoms with Crippen LogP contribution in [0.25, 0.3) is 0 Å². The van der Waals surface area contributed by atoms with Crippen LogP contribution in [0.2, 0.25) is 0 Å². The van der Waals surface area contributed by atoms with Gasteiger partial charge in [-0.05, 0) is 23.4 Å². The lowest BCUT2D eigenvalue weighted by atomic mass is 10.2. The fourth-order valence-electron chi connectivity index (χ4n) is 1.06. The van der Waals surface area contributed by atoms with Gasteiger partial charge in [0.2, 0.25) is 0 Å². The molecule has 1 unspecified atom stereocenters. The van der Waals surface area contributed by atoms with Crippen molar-refractivity contribution in [3.05, 3.63) is 29.8 Å². The summed E-state index contributed by atoms with van der Waals surface area (Å²) in [6.45, 7) is 0. The van der Waals surface area contributed by atoms with Crippen LogP contribution in [-0.2, 0) is 0 Å². The number of rotatable bonds is 0. The number of benzene rings is 1. The van der Waals surface area contributed by atoms with E-state index >= 15 is 0 Å². The molecule has 5 heteroatoms. The van der Waals surface area contributed by atoms with E-state index < -0.39 is 7.58 Å². The second-order valence-electron chi connectivity index (χ2n) is 2.38. The number of carbonyl (C=O) groups is 1. The van der Waals surface area contributed by atoms with Gasteiger partial charge in [0, 0.05) is 0 Å². The number of halogens is 1. The van der Waals surface area contributed by atoms with E-state index in [1.807, 2.05) is 18.2 Å². The summed E-state index contributed by atoms with van der Waals surface area (Å²) in [6, 6.07) is 7.29. The summed E-state index contributed by atoms with van der Waals surface area (Å²) in [6.07, 6.45) is 0. The van der Waals surface area contributed by atoms with Gasteiger partial charge in [0.1, 0.15) is 0 Å². The third-order valence-electron chi connectivity index (χ3n) is 1.59. The zero-order valence-corrected chi connectivity index (χ0v) is 7.69. The summed E-state index contributed by atoms with van der Waals surface area (Å²) in [5.41, 5.74) is 1.46. The van der Waals surface area contributed by atoms with Gasteiger partial charge < -0.3 is 10.2 Å². The highest BCUT2D eigenvalue weighted by molar-refractivity contribution is 7.84. The van der Waals surface area contributed by atoms with Crippen molar-refractivity contribution in [3.63, 3.8) is 0 Å². The molecule has 1 aliphatic rings. The van der Waals surface area contributed by atoms with E-state index in [1.54, 1.807) is 6.07 Å². The Labute approximate surface area is 75.8 Å². The number of nitrogens with one attached hydrogen (secondary N) is 2. The molecule has 0 saturated carbocycles. The largest absolute Gasteiger partial charge is 0.335 e. The summed E-state index contributed by atoms with van der Waals surface area (Å²) in [4.78, 5) is 11.3. The average Bonchev–Trinajstić information content (AvgIpc) is 2.04. The van der Waals surface area contributed by atoms with E-state index in [2.05, 4.69) is 10.2 Å². The maximum Gasteiger partial charge on any atom is 0.258 e. The van der Waals surface area contributed by atoms with E-state index in [0.29, 0.717) is 5.56 Å². The second-order valence-corrected chi connectivity index (χ2v) is 4.40. The molecule has 0 fully saturated rings. The molecule has 1 atom stereocenters. The van der Waals surface area contributed by atoms with Crippen molar-refractivity contribution < 1.29 is 4.79 Å². The van der Waals surface area contributed by atoms with Gasteiger partial charge in [-0.25, -0.2) is 0 Å². The van der Waals surface area contributed by atoms with Crippen LogP contribution in [0.15, 0.2) is 24.3 Å². The number of hydrogen-bond donors (Lipinski definition) is 2. The van der Waals surface area contributed by atoms with Crippen molar-refractivity contribution in [2.75, 3.05) is 5.09 Å². The van der Waals surface area contributed by atoms with Gasteiger partial charge in [-0.15, -0.1) is 0 Å². The molecule has 1 aliphatic heterocycles. The third kappa shape index (κ3) is 1.26. The molecule has 3 nitrogen and oxygen atoms in total. The van der Waals surface area contributed by atoms with Gasteiger partial charge in [0.15, 0.2) is 7.58 Å². The Balaban J connectivity index is 2.47. The summed E-state index contributed by atoms with van der Waals surface area (Å²) in [5.74, 6) is -0.106. The van der Waals surface area contributed by atoms with Gasteiger partial charge in [0.25, 0.3) is 5.91 Å². The maximum absolute atomic E-state index is 11.3. The lowest BCUT2D eigenvalue weighted by molar-refractivity contribution is 0.0982. The Bertz CT molecular complexity index is 331. The van der Waals surface area contributed by atoms with Gasteiger partial charge in [0.05, 0.1) is 11.3 Å². The molecule has 12 heavy (non-hydrogen) atoms. The standard InChI is InChI=1S/C7H6ClN2OP/c8-12-9-6-4-2-1-3-5(6)7(11)10-12/h1-4,9H,(H,10,11). The highest BCUT2D eigenvalue weighted by Crippen LogP contribution is 2.41. The van der Waals surface area contributed by atoms with Crippen molar-refractivity contribution in [1.82, 2.24) is 5.09 Å². The highest BCUT2D eigenvalue weighted by atomic mass is 35.7. The minimum atomic E-state index is -1.09. The molecule has 0 bridgehead atoms. The first-order valence-electron chi connectivity index (χ1n) is 3.40. The molecule has 1 aromatic carbocycles. The Morgan fingerprint density at radius 3 is 2.83 bits per heavy atom. The van der Waals surface area contributed by atoms with Crippen LogP contribution in [0.1, 0.15) is 10.4 Å². The summed E-state index contributed by atoms with van der Waals surface area (Å²) >= 11 is 5.76. The molecule has 0 saturated heterocycles. The Morgan fingerprint density at radius 1 is 1.25 bits per heavy atom. The smallest absolute Gasteiger partial charge is 0.258 e. The predicted molar refractivity (Wildman–Crippen MR) is 50.3 cm³/mol. The molecular weight excluding hydrogens is 195 g/mol. The monoisotopic (exact) mass is 200 g/mol. The molecule has 2 N–H and O–H groups in total. The Kier molecular flexibility index (Phi) is 1.91. The zero-order valence-electron chi connectivity index (χ0n) is 6.04. The fourth-order valence-corrected chi connectivity index (χ4v) is 2.33. The summed E-state index contributed by atoms with van der Waals surface area (Å²) in [5, 5.41) is 5.60. The first-order valence-corrected chi connectivity index (χ1v) is 5.64. The lowest BCUT2D eigenvalue weighted by Crippen LogP contribution is -2.24. The van der Waals surface area contributed by atoms with Crippen LogP contribution >= 0.6 is 18.8 Å². The molecule has 0 aliphatic carbocycles. The second kappa shape index (κ2) is 2.92. The van der Waals surface area contributed by atoms with Crippen molar-refractivity contribution in [2.45, 2.75) is 0 Å². The first-order chi connectivity index (χ1) is 5.77. The number of para-hydroxylation sites is 1. The number of anilines is 1. The molecule has 0 radical (unpaired) electrons. The van der Waals surface area contributed by atoms with Gasteiger partial charge in [-0.2, -0.15) is 0 Å². The van der Waals surface area contributed by atoms with Crippen molar-refractivity contribution >= 4 is 30.4 Å². The van der Waals surface area contributed by atoms with Crippen LogP contribution in [0.4, 0.5) is 5.69 Å². The van der Waals surface area contributed by atoms with E-state index in [0.717, 1.165) is 5.69 Å². The van der Waals surface area contributed by atoms with Crippen LogP contribution in [0, 0.1) is 0 Å². The number of amides is 1. The Hall–Kier alpha value is -0.790. The average molecular weight is 201 g/mol. The SMILES string of the molecule is O=C1NP(Cl)Nc2ccccc21. The minimum absolute atomic E-state index is 0.106. The lowest BCUT2D eigenvalue weighted by Gasteiger charge is -2.21. The predicted octanol–water partition coefficient (Wildman–Crippen LogP) is 2.31. The van der Waals surface area contributed by atoms with E-state index in [4.69, 9.17) is 11.2 Å². The molecule has 1 amide bonds. The molecule has 0 spiro atoms. The Morgan fingerprint density at radius 2 is 2.00 bits per heavy atom. The van der Waals surface area contributed by atoms with Crippen LogP contribution < -0.4 is 10.2 Å². The van der Waals surface area contributed by atoms with E-state index in [1.165, 1.54) is 0 Å². The van der Waals surface area contributed by atoms with Crippen LogP contribution in [0.3, 0.4) is 0 Å².